The van der Waals surface area contributed by atoms with Crippen LogP contribution in [0.4, 0.5) is 0 Å². The quantitative estimate of drug-likeness (QED) is 0.779. The first kappa shape index (κ1) is 11.9. The van der Waals surface area contributed by atoms with Gasteiger partial charge in [0.15, 0.2) is 0 Å². The van der Waals surface area contributed by atoms with Crippen molar-refractivity contribution in [1.82, 2.24) is 15.0 Å². The zero-order chi connectivity index (χ0) is 13.2. The van der Waals surface area contributed by atoms with Gasteiger partial charge in [0.05, 0.1) is 18.4 Å². The molecule has 0 saturated carbocycles. The van der Waals surface area contributed by atoms with Crippen LogP contribution in [0.3, 0.4) is 0 Å². The molecule has 2 aromatic carbocycles. The lowest BCUT2D eigenvalue weighted by molar-refractivity contribution is 0.651. The topological polar surface area (TPSA) is 56.7 Å². The maximum absolute atomic E-state index is 5.80. The minimum absolute atomic E-state index is 0.0822. The van der Waals surface area contributed by atoms with Crippen LogP contribution in [-0.4, -0.2) is 15.0 Å². The van der Waals surface area contributed by atoms with E-state index in [1.807, 2.05) is 17.8 Å². The van der Waals surface area contributed by atoms with Crippen molar-refractivity contribution in [3.8, 4) is 0 Å². The molecule has 2 N–H and O–H groups in total. The zero-order valence-electron chi connectivity index (χ0n) is 10.8. The van der Waals surface area contributed by atoms with Gasteiger partial charge in [0.25, 0.3) is 0 Å². The third kappa shape index (κ3) is 2.35. The summed E-state index contributed by atoms with van der Waals surface area (Å²) < 4.78 is 1.83. The van der Waals surface area contributed by atoms with Gasteiger partial charge in [0.2, 0.25) is 0 Å². The Bertz CT molecular complexity index is 695. The highest BCUT2D eigenvalue weighted by Crippen LogP contribution is 2.19. The van der Waals surface area contributed by atoms with E-state index in [-0.39, 0.29) is 6.04 Å². The lowest BCUT2D eigenvalue weighted by Crippen LogP contribution is -2.05. The molecule has 0 amide bonds. The summed E-state index contributed by atoms with van der Waals surface area (Å²) in [5, 5.41) is 10.7. The van der Waals surface area contributed by atoms with Crippen LogP contribution in [0.25, 0.3) is 10.8 Å². The molecule has 0 radical (unpaired) electrons. The van der Waals surface area contributed by atoms with Gasteiger partial charge in [-0.2, -0.15) is 0 Å². The lowest BCUT2D eigenvalue weighted by Gasteiger charge is -2.06. The van der Waals surface area contributed by atoms with Crippen LogP contribution < -0.4 is 5.73 Å². The highest BCUT2D eigenvalue weighted by molar-refractivity contribution is 5.85. The SMILES string of the molecule is CC(N)c1cn(Cc2cccc3ccccc23)nn1. The van der Waals surface area contributed by atoms with Crippen molar-refractivity contribution in [2.45, 2.75) is 19.5 Å². The Morgan fingerprint density at radius 2 is 1.95 bits per heavy atom. The zero-order valence-corrected chi connectivity index (χ0v) is 10.8. The van der Waals surface area contributed by atoms with Gasteiger partial charge in [0, 0.05) is 6.04 Å². The van der Waals surface area contributed by atoms with Gasteiger partial charge in [-0.25, -0.2) is 4.68 Å². The number of rotatable bonds is 3. The lowest BCUT2D eigenvalue weighted by atomic mass is 10.0. The van der Waals surface area contributed by atoms with Gasteiger partial charge in [0.1, 0.15) is 0 Å². The molecule has 3 rings (SSSR count). The number of benzene rings is 2. The maximum Gasteiger partial charge on any atom is 0.0991 e. The van der Waals surface area contributed by atoms with Crippen molar-refractivity contribution < 1.29 is 0 Å². The number of hydrogen-bond donors (Lipinski definition) is 1. The average Bonchev–Trinajstić information content (AvgIpc) is 2.88. The molecule has 0 spiro atoms. The molecule has 0 aliphatic heterocycles. The van der Waals surface area contributed by atoms with Gasteiger partial charge in [-0.3, -0.25) is 0 Å². The van der Waals surface area contributed by atoms with E-state index in [9.17, 15) is 0 Å². The predicted octanol–water partition coefficient (Wildman–Crippen LogP) is 2.50. The highest BCUT2D eigenvalue weighted by atomic mass is 15.4. The molecular formula is C15H16N4. The smallest absolute Gasteiger partial charge is 0.0991 e. The van der Waals surface area contributed by atoms with Crippen molar-refractivity contribution in [2.24, 2.45) is 5.73 Å². The first-order valence-electron chi connectivity index (χ1n) is 6.36. The molecule has 1 unspecified atom stereocenters. The summed E-state index contributed by atoms with van der Waals surface area (Å²) in [6.07, 6.45) is 1.91. The van der Waals surface area contributed by atoms with Gasteiger partial charge in [-0.1, -0.05) is 47.7 Å². The molecule has 0 aliphatic rings. The third-order valence-electron chi connectivity index (χ3n) is 3.24. The summed E-state index contributed by atoms with van der Waals surface area (Å²) in [7, 11) is 0. The average molecular weight is 252 g/mol. The minimum atomic E-state index is -0.0822. The summed E-state index contributed by atoms with van der Waals surface area (Å²) >= 11 is 0. The van der Waals surface area contributed by atoms with E-state index in [0.29, 0.717) is 6.54 Å². The fraction of sp³-hybridized carbons (Fsp3) is 0.200. The molecule has 3 aromatic rings. The molecule has 0 bridgehead atoms. The number of nitrogens with zero attached hydrogens (tertiary/aromatic N) is 3. The third-order valence-corrected chi connectivity index (χ3v) is 3.24. The molecule has 0 fully saturated rings. The molecule has 1 atom stereocenters. The second-order valence-corrected chi connectivity index (χ2v) is 4.77. The molecule has 4 nitrogen and oxygen atoms in total. The summed E-state index contributed by atoms with van der Waals surface area (Å²) in [5.41, 5.74) is 7.85. The first-order valence-corrected chi connectivity index (χ1v) is 6.36. The van der Waals surface area contributed by atoms with Gasteiger partial charge in [-0.15, -0.1) is 5.10 Å². The Balaban J connectivity index is 1.96. The minimum Gasteiger partial charge on any atom is -0.323 e. The fourth-order valence-corrected chi connectivity index (χ4v) is 2.20. The van der Waals surface area contributed by atoms with E-state index in [1.54, 1.807) is 0 Å². The highest BCUT2D eigenvalue weighted by Gasteiger charge is 2.06. The Kier molecular flexibility index (Phi) is 3.01. The second-order valence-electron chi connectivity index (χ2n) is 4.77. The Morgan fingerprint density at radius 1 is 1.16 bits per heavy atom. The van der Waals surface area contributed by atoms with Crippen LogP contribution >= 0.6 is 0 Å². The van der Waals surface area contributed by atoms with Crippen LogP contribution in [-0.2, 0) is 6.54 Å². The Labute approximate surface area is 111 Å². The fourth-order valence-electron chi connectivity index (χ4n) is 2.20. The second kappa shape index (κ2) is 4.82. The maximum atomic E-state index is 5.80. The normalized spacial score (nSPS) is 12.7. The van der Waals surface area contributed by atoms with Gasteiger partial charge >= 0.3 is 0 Å². The Hall–Kier alpha value is -2.20. The monoisotopic (exact) mass is 252 g/mol. The number of hydrogen-bond acceptors (Lipinski definition) is 3. The summed E-state index contributed by atoms with van der Waals surface area (Å²) in [6.45, 7) is 2.62. The predicted molar refractivity (Wildman–Crippen MR) is 75.7 cm³/mol. The van der Waals surface area contributed by atoms with Crippen LogP contribution in [0.2, 0.25) is 0 Å². The van der Waals surface area contributed by atoms with Crippen molar-refractivity contribution >= 4 is 10.8 Å². The summed E-state index contributed by atoms with van der Waals surface area (Å²) in [6, 6.07) is 14.6. The van der Waals surface area contributed by atoms with Crippen LogP contribution in [0.15, 0.2) is 48.7 Å². The molecule has 19 heavy (non-hydrogen) atoms. The van der Waals surface area contributed by atoms with Gasteiger partial charge < -0.3 is 5.73 Å². The molecule has 96 valence electrons. The summed E-state index contributed by atoms with van der Waals surface area (Å²) in [5.74, 6) is 0. The summed E-state index contributed by atoms with van der Waals surface area (Å²) in [4.78, 5) is 0. The van der Waals surface area contributed by atoms with E-state index in [2.05, 4.69) is 52.8 Å². The van der Waals surface area contributed by atoms with Gasteiger partial charge in [-0.05, 0) is 23.3 Å². The molecule has 0 aliphatic carbocycles. The van der Waals surface area contributed by atoms with Crippen LogP contribution in [0.1, 0.15) is 24.2 Å². The van der Waals surface area contributed by atoms with Crippen LogP contribution in [0, 0.1) is 0 Å². The van der Waals surface area contributed by atoms with Crippen molar-refractivity contribution in [3.63, 3.8) is 0 Å². The van der Waals surface area contributed by atoms with Crippen LogP contribution in [0.5, 0.6) is 0 Å². The molecule has 1 heterocycles. The first-order chi connectivity index (χ1) is 9.24. The molecular weight excluding hydrogens is 236 g/mol. The van der Waals surface area contributed by atoms with E-state index in [0.717, 1.165) is 5.69 Å². The molecule has 1 aromatic heterocycles. The van der Waals surface area contributed by atoms with E-state index >= 15 is 0 Å². The molecule has 0 saturated heterocycles. The van der Waals surface area contributed by atoms with E-state index < -0.39 is 0 Å². The molecule has 4 heteroatoms. The van der Waals surface area contributed by atoms with Crippen molar-refractivity contribution in [1.29, 1.82) is 0 Å². The number of aromatic nitrogens is 3. The van der Waals surface area contributed by atoms with Crippen molar-refractivity contribution in [3.05, 3.63) is 59.9 Å². The van der Waals surface area contributed by atoms with E-state index in [1.165, 1.54) is 16.3 Å². The standard InChI is InChI=1S/C15H16N4/c1-11(16)15-10-19(18-17-15)9-13-7-4-6-12-5-2-3-8-14(12)13/h2-8,10-11H,9,16H2,1H3. The van der Waals surface area contributed by atoms with E-state index in [4.69, 9.17) is 5.73 Å². The Morgan fingerprint density at radius 3 is 2.74 bits per heavy atom. The van der Waals surface area contributed by atoms with Crippen molar-refractivity contribution in [2.75, 3.05) is 0 Å². The number of fused-ring (bicyclic) bond motifs is 1. The largest absolute Gasteiger partial charge is 0.323 e. The number of nitrogens with two attached hydrogens (primary N) is 1.